The number of thiazole rings is 1. The lowest BCUT2D eigenvalue weighted by molar-refractivity contribution is -0.229. The maximum atomic E-state index is 9.53. The van der Waals surface area contributed by atoms with Crippen molar-refractivity contribution < 1.29 is 18.9 Å². The minimum atomic E-state index is -0.684. The molecule has 0 amide bonds. The Balaban J connectivity index is 1.43. The third-order valence-corrected chi connectivity index (χ3v) is 7.34. The summed E-state index contributed by atoms with van der Waals surface area (Å²) in [5, 5.41) is 6.76. The van der Waals surface area contributed by atoms with Crippen LogP contribution in [0.25, 0.3) is 10.4 Å². The molecule has 5 atom stereocenters. The summed E-state index contributed by atoms with van der Waals surface area (Å²) in [5.74, 6) is 0. The van der Waals surface area contributed by atoms with Gasteiger partial charge in [0.2, 0.25) is 0 Å². The Labute approximate surface area is 231 Å². The molecular formula is C30H30N4O4S. The number of azide groups is 1. The molecule has 1 aliphatic heterocycles. The average Bonchev–Trinajstić information content (AvgIpc) is 3.53. The molecule has 0 bridgehead atoms. The van der Waals surface area contributed by atoms with E-state index in [0.717, 1.165) is 21.7 Å². The van der Waals surface area contributed by atoms with Gasteiger partial charge in [-0.25, -0.2) is 4.98 Å². The van der Waals surface area contributed by atoms with Crippen LogP contribution in [0.15, 0.2) is 108 Å². The number of aromatic nitrogens is 1. The van der Waals surface area contributed by atoms with Crippen LogP contribution in [-0.2, 0) is 38.8 Å². The van der Waals surface area contributed by atoms with E-state index in [1.165, 1.54) is 11.3 Å². The van der Waals surface area contributed by atoms with E-state index in [2.05, 4.69) is 15.0 Å². The van der Waals surface area contributed by atoms with Crippen molar-refractivity contribution in [3.63, 3.8) is 0 Å². The Hall–Kier alpha value is -3.56. The molecule has 8 nitrogen and oxygen atoms in total. The molecule has 0 aliphatic carbocycles. The summed E-state index contributed by atoms with van der Waals surface area (Å²) in [6.45, 7) is 1.38. The molecule has 39 heavy (non-hydrogen) atoms. The SMILES string of the molecule is [N-]=[N+]=N[C@@H]1[C@@H](OCc2ccccc2)[C@@H](OCc2ccccc2)[C@@H](COCc2ccccc2)O[C@H]1c1nccs1. The number of hydrogen-bond acceptors (Lipinski definition) is 7. The molecule has 9 heteroatoms. The van der Waals surface area contributed by atoms with Gasteiger partial charge in [-0.3, -0.25) is 0 Å². The molecule has 1 aliphatic rings. The van der Waals surface area contributed by atoms with Crippen molar-refractivity contribution in [3.05, 3.63) is 135 Å². The summed E-state index contributed by atoms with van der Waals surface area (Å²) >= 11 is 1.45. The lowest BCUT2D eigenvalue weighted by atomic mass is 9.92. The average molecular weight is 543 g/mol. The predicted octanol–water partition coefficient (Wildman–Crippen LogP) is 6.65. The van der Waals surface area contributed by atoms with Gasteiger partial charge in [0, 0.05) is 16.5 Å². The number of nitrogens with zero attached hydrogens (tertiary/aromatic N) is 4. The van der Waals surface area contributed by atoms with E-state index in [9.17, 15) is 5.53 Å². The van der Waals surface area contributed by atoms with Gasteiger partial charge in [0.25, 0.3) is 0 Å². The van der Waals surface area contributed by atoms with E-state index in [-0.39, 0.29) is 6.61 Å². The van der Waals surface area contributed by atoms with Gasteiger partial charge in [0.1, 0.15) is 23.3 Å². The zero-order chi connectivity index (χ0) is 26.7. The zero-order valence-corrected chi connectivity index (χ0v) is 22.2. The van der Waals surface area contributed by atoms with Crippen molar-refractivity contribution in [2.24, 2.45) is 5.11 Å². The Kier molecular flexibility index (Phi) is 9.70. The summed E-state index contributed by atoms with van der Waals surface area (Å²) in [6.07, 6.45) is -0.523. The highest BCUT2D eigenvalue weighted by molar-refractivity contribution is 7.09. The minimum absolute atomic E-state index is 0.268. The van der Waals surface area contributed by atoms with Crippen LogP contribution >= 0.6 is 11.3 Å². The molecule has 200 valence electrons. The Morgan fingerprint density at radius 2 is 1.36 bits per heavy atom. The van der Waals surface area contributed by atoms with E-state index < -0.39 is 30.5 Å². The third kappa shape index (κ3) is 7.30. The molecular weight excluding hydrogens is 512 g/mol. The van der Waals surface area contributed by atoms with E-state index in [4.69, 9.17) is 18.9 Å². The van der Waals surface area contributed by atoms with Gasteiger partial charge in [-0.1, -0.05) is 96.1 Å². The first-order valence-corrected chi connectivity index (χ1v) is 13.7. The second-order valence-corrected chi connectivity index (χ2v) is 10.1. The van der Waals surface area contributed by atoms with E-state index in [1.807, 2.05) is 96.4 Å². The third-order valence-electron chi connectivity index (χ3n) is 6.50. The number of benzene rings is 3. The first-order valence-electron chi connectivity index (χ1n) is 12.8. The summed E-state index contributed by atoms with van der Waals surface area (Å²) in [5.41, 5.74) is 12.6. The molecule has 1 saturated heterocycles. The maximum Gasteiger partial charge on any atom is 0.122 e. The van der Waals surface area contributed by atoms with E-state index >= 15 is 0 Å². The van der Waals surface area contributed by atoms with E-state index in [0.29, 0.717) is 19.8 Å². The summed E-state index contributed by atoms with van der Waals surface area (Å²) in [4.78, 5) is 7.64. The highest BCUT2D eigenvalue weighted by atomic mass is 32.1. The standard InChI is InChI=1S/C30H30N4O4S/c31-34-33-26-28(37-20-24-14-8-3-9-15-24)27(36-19-23-12-6-2-7-13-23)25(38-29(26)30-32-16-17-39-30)21-35-18-22-10-4-1-5-11-22/h1-17,25-29H,18-21H2/t25-,26-,27+,28-,29-/m1/s1. The summed E-state index contributed by atoms with van der Waals surface area (Å²) in [7, 11) is 0. The fraction of sp³-hybridized carbons (Fsp3) is 0.300. The van der Waals surface area contributed by atoms with Gasteiger partial charge < -0.3 is 18.9 Å². The van der Waals surface area contributed by atoms with Crippen LogP contribution in [0.3, 0.4) is 0 Å². The van der Waals surface area contributed by atoms with Crippen LogP contribution < -0.4 is 0 Å². The van der Waals surface area contributed by atoms with Gasteiger partial charge in [0.05, 0.1) is 38.6 Å². The maximum absolute atomic E-state index is 9.53. The van der Waals surface area contributed by atoms with Gasteiger partial charge in [0.15, 0.2) is 0 Å². The molecule has 4 aromatic rings. The molecule has 1 fully saturated rings. The Bertz CT molecular complexity index is 1300. The molecule has 2 heterocycles. The highest BCUT2D eigenvalue weighted by Gasteiger charge is 2.48. The van der Waals surface area contributed by atoms with Crippen molar-refractivity contribution in [2.75, 3.05) is 6.61 Å². The van der Waals surface area contributed by atoms with Gasteiger partial charge in [-0.2, -0.15) is 0 Å². The van der Waals surface area contributed by atoms with Crippen molar-refractivity contribution in [1.29, 1.82) is 0 Å². The first-order chi connectivity index (χ1) is 19.3. The lowest BCUT2D eigenvalue weighted by Gasteiger charge is -2.44. The molecule has 1 aromatic heterocycles. The number of hydrogen-bond donors (Lipinski definition) is 0. The first kappa shape index (κ1) is 27.0. The van der Waals surface area contributed by atoms with Crippen molar-refractivity contribution in [3.8, 4) is 0 Å². The van der Waals surface area contributed by atoms with Crippen LogP contribution in [0.2, 0.25) is 0 Å². The Morgan fingerprint density at radius 3 is 1.90 bits per heavy atom. The molecule has 0 unspecified atom stereocenters. The van der Waals surface area contributed by atoms with Crippen molar-refractivity contribution in [1.82, 2.24) is 4.98 Å². The van der Waals surface area contributed by atoms with Crippen LogP contribution in [-0.4, -0.2) is 35.9 Å². The second-order valence-electron chi connectivity index (χ2n) is 9.18. The van der Waals surface area contributed by atoms with E-state index in [1.54, 1.807) is 6.20 Å². The zero-order valence-electron chi connectivity index (χ0n) is 21.4. The summed E-state index contributed by atoms with van der Waals surface area (Å²) < 4.78 is 25.7. The molecule has 5 rings (SSSR count). The molecule has 0 saturated carbocycles. The molecule has 0 radical (unpaired) electrons. The van der Waals surface area contributed by atoms with Crippen LogP contribution in [0, 0.1) is 0 Å². The van der Waals surface area contributed by atoms with Crippen LogP contribution in [0.1, 0.15) is 27.8 Å². The topological polar surface area (TPSA) is 98.6 Å². The van der Waals surface area contributed by atoms with Crippen LogP contribution in [0.5, 0.6) is 0 Å². The van der Waals surface area contributed by atoms with Crippen LogP contribution in [0.4, 0.5) is 0 Å². The molecule has 0 N–H and O–H groups in total. The number of ether oxygens (including phenoxy) is 4. The fourth-order valence-corrected chi connectivity index (χ4v) is 5.33. The Morgan fingerprint density at radius 1 is 0.795 bits per heavy atom. The largest absolute Gasteiger partial charge is 0.374 e. The minimum Gasteiger partial charge on any atom is -0.374 e. The normalized spacial score (nSPS) is 22.7. The second kappa shape index (κ2) is 14.0. The van der Waals surface area contributed by atoms with Gasteiger partial charge in [-0.05, 0) is 22.2 Å². The summed E-state index contributed by atoms with van der Waals surface area (Å²) in [6, 6.07) is 29.1. The van der Waals surface area contributed by atoms with Gasteiger partial charge >= 0.3 is 0 Å². The van der Waals surface area contributed by atoms with Crippen molar-refractivity contribution >= 4 is 11.3 Å². The quantitative estimate of drug-likeness (QED) is 0.113. The monoisotopic (exact) mass is 542 g/mol. The lowest BCUT2D eigenvalue weighted by Crippen LogP contribution is -2.56. The highest BCUT2D eigenvalue weighted by Crippen LogP contribution is 2.38. The molecule has 0 spiro atoms. The number of rotatable bonds is 12. The smallest absolute Gasteiger partial charge is 0.122 e. The van der Waals surface area contributed by atoms with Gasteiger partial charge in [-0.15, -0.1) is 11.3 Å². The molecule has 3 aromatic carbocycles. The predicted molar refractivity (Wildman–Crippen MR) is 149 cm³/mol. The van der Waals surface area contributed by atoms with Crippen molar-refractivity contribution in [2.45, 2.75) is 50.3 Å². The fourth-order valence-electron chi connectivity index (χ4n) is 4.62.